The van der Waals surface area contributed by atoms with E-state index in [1.807, 2.05) is 36.9 Å². The molecule has 28 heavy (non-hydrogen) atoms. The molecule has 1 unspecified atom stereocenters. The third kappa shape index (κ3) is 2.99. The lowest BCUT2D eigenvalue weighted by Gasteiger charge is -2.18. The second-order valence-electron chi connectivity index (χ2n) is 7.20. The molecule has 0 aliphatic carbocycles. The Kier molecular flexibility index (Phi) is 4.21. The molecule has 0 spiro atoms. The van der Waals surface area contributed by atoms with Crippen molar-refractivity contribution >= 4 is 16.6 Å². The predicted octanol–water partition coefficient (Wildman–Crippen LogP) is 2.87. The van der Waals surface area contributed by atoms with Crippen LogP contribution in [0.1, 0.15) is 6.42 Å². The number of fused-ring (bicyclic) bond motifs is 1. The molecule has 5 rings (SSSR count). The van der Waals surface area contributed by atoms with E-state index in [-0.39, 0.29) is 0 Å². The number of anilines is 1. The third-order valence-corrected chi connectivity index (χ3v) is 5.39. The van der Waals surface area contributed by atoms with E-state index in [1.165, 1.54) is 0 Å². The smallest absolute Gasteiger partial charge is 0.102 e. The van der Waals surface area contributed by atoms with Crippen LogP contribution in [0.5, 0.6) is 0 Å². The van der Waals surface area contributed by atoms with E-state index in [0.717, 1.165) is 65.2 Å². The van der Waals surface area contributed by atoms with Gasteiger partial charge >= 0.3 is 0 Å². The highest BCUT2D eigenvalue weighted by Gasteiger charge is 2.22. The summed E-state index contributed by atoms with van der Waals surface area (Å²) in [6, 6.07) is 8.13. The van der Waals surface area contributed by atoms with Gasteiger partial charge in [0.25, 0.3) is 0 Å². The molecule has 1 aliphatic rings. The number of H-pyrrole nitrogens is 1. The lowest BCUT2D eigenvalue weighted by atomic mass is 10.1. The van der Waals surface area contributed by atoms with Crippen molar-refractivity contribution in [2.24, 2.45) is 11.7 Å². The first-order valence-corrected chi connectivity index (χ1v) is 9.47. The maximum Gasteiger partial charge on any atom is 0.102 e. The molecule has 140 valence electrons. The standard InChI is InChI=1S/C21H21N7/c22-8-14-3-5-28(13-14)17-6-16(10-24-11-17)21-18-7-19(15-2-1-4-23-9-15)25-12-20(18)26-27-21/h1-2,4,6-7,9-12,14H,3,5,8,13,22H2,(H,26,27). The normalized spacial score (nSPS) is 16.8. The topological polar surface area (TPSA) is 96.6 Å². The highest BCUT2D eigenvalue weighted by molar-refractivity contribution is 5.94. The molecule has 5 heterocycles. The minimum Gasteiger partial charge on any atom is -0.370 e. The van der Waals surface area contributed by atoms with Crippen molar-refractivity contribution in [1.82, 2.24) is 25.1 Å². The fraction of sp³-hybridized carbons (Fsp3) is 0.238. The molecule has 0 saturated carbocycles. The Morgan fingerprint density at radius 2 is 2.04 bits per heavy atom. The molecule has 1 aliphatic heterocycles. The molecule has 0 radical (unpaired) electrons. The highest BCUT2D eigenvalue weighted by Crippen LogP contribution is 2.31. The van der Waals surface area contributed by atoms with Gasteiger partial charge in [0.05, 0.1) is 29.3 Å². The summed E-state index contributed by atoms with van der Waals surface area (Å²) in [4.78, 5) is 15.5. The summed E-state index contributed by atoms with van der Waals surface area (Å²) < 4.78 is 0. The second kappa shape index (κ2) is 7.01. The van der Waals surface area contributed by atoms with Gasteiger partial charge in [-0.15, -0.1) is 0 Å². The van der Waals surface area contributed by atoms with Gasteiger partial charge in [-0.2, -0.15) is 5.10 Å². The molecule has 1 fully saturated rings. The van der Waals surface area contributed by atoms with E-state index in [2.05, 4.69) is 42.2 Å². The number of aromatic nitrogens is 5. The van der Waals surface area contributed by atoms with Gasteiger partial charge in [0.2, 0.25) is 0 Å². The molecule has 1 atom stereocenters. The average Bonchev–Trinajstić information content (AvgIpc) is 3.41. The van der Waals surface area contributed by atoms with Gasteiger partial charge in [0.1, 0.15) is 5.69 Å². The summed E-state index contributed by atoms with van der Waals surface area (Å²) in [5, 5.41) is 8.65. The van der Waals surface area contributed by atoms with Crippen LogP contribution < -0.4 is 10.6 Å². The maximum absolute atomic E-state index is 5.84. The Bertz CT molecular complexity index is 1110. The van der Waals surface area contributed by atoms with Gasteiger partial charge < -0.3 is 10.6 Å². The Labute approximate surface area is 162 Å². The van der Waals surface area contributed by atoms with Crippen LogP contribution in [0, 0.1) is 5.92 Å². The molecule has 4 aromatic rings. The summed E-state index contributed by atoms with van der Waals surface area (Å²) in [5.74, 6) is 0.558. The summed E-state index contributed by atoms with van der Waals surface area (Å²) in [6.45, 7) is 2.74. The van der Waals surface area contributed by atoms with Crippen molar-refractivity contribution < 1.29 is 0 Å². The van der Waals surface area contributed by atoms with Crippen LogP contribution in [0.3, 0.4) is 0 Å². The predicted molar refractivity (Wildman–Crippen MR) is 110 cm³/mol. The van der Waals surface area contributed by atoms with Gasteiger partial charge in [0, 0.05) is 48.2 Å². The number of nitrogens with two attached hydrogens (primary N) is 1. The minimum atomic E-state index is 0.558. The zero-order chi connectivity index (χ0) is 18.9. The largest absolute Gasteiger partial charge is 0.370 e. The number of rotatable bonds is 4. The zero-order valence-electron chi connectivity index (χ0n) is 15.4. The highest BCUT2D eigenvalue weighted by atomic mass is 15.2. The van der Waals surface area contributed by atoms with Crippen molar-refractivity contribution in [3.8, 4) is 22.5 Å². The first-order valence-electron chi connectivity index (χ1n) is 9.47. The van der Waals surface area contributed by atoms with Crippen molar-refractivity contribution in [3.63, 3.8) is 0 Å². The number of hydrogen-bond acceptors (Lipinski definition) is 6. The van der Waals surface area contributed by atoms with Crippen LogP contribution in [-0.2, 0) is 0 Å². The van der Waals surface area contributed by atoms with Gasteiger partial charge in [0.15, 0.2) is 0 Å². The number of nitrogens with zero attached hydrogens (tertiary/aromatic N) is 5. The van der Waals surface area contributed by atoms with E-state index in [9.17, 15) is 0 Å². The monoisotopic (exact) mass is 371 g/mol. The molecule has 0 bridgehead atoms. The first-order chi connectivity index (χ1) is 13.8. The number of pyridine rings is 3. The van der Waals surface area contributed by atoms with Crippen LogP contribution in [0.4, 0.5) is 5.69 Å². The quantitative estimate of drug-likeness (QED) is 0.573. The van der Waals surface area contributed by atoms with Crippen LogP contribution in [0.25, 0.3) is 33.4 Å². The van der Waals surface area contributed by atoms with Crippen molar-refractivity contribution in [2.75, 3.05) is 24.5 Å². The van der Waals surface area contributed by atoms with Crippen LogP contribution in [0.15, 0.2) is 55.2 Å². The molecule has 3 N–H and O–H groups in total. The lowest BCUT2D eigenvalue weighted by Crippen LogP contribution is -2.22. The minimum absolute atomic E-state index is 0.558. The van der Waals surface area contributed by atoms with Gasteiger partial charge in [-0.3, -0.25) is 20.1 Å². The van der Waals surface area contributed by atoms with E-state index < -0.39 is 0 Å². The summed E-state index contributed by atoms with van der Waals surface area (Å²) in [7, 11) is 0. The number of hydrogen-bond donors (Lipinski definition) is 2. The summed E-state index contributed by atoms with van der Waals surface area (Å²) >= 11 is 0. The second-order valence-corrected chi connectivity index (χ2v) is 7.20. The molecule has 0 aromatic carbocycles. The average molecular weight is 371 g/mol. The first kappa shape index (κ1) is 16.8. The SMILES string of the molecule is NCC1CCN(c2cncc(-c3n[nH]c4cnc(-c5cccnc5)cc34)c2)C1. The molecular weight excluding hydrogens is 350 g/mol. The fourth-order valence-corrected chi connectivity index (χ4v) is 3.80. The lowest BCUT2D eigenvalue weighted by molar-refractivity contribution is 0.602. The number of aromatic amines is 1. The van der Waals surface area contributed by atoms with E-state index >= 15 is 0 Å². The van der Waals surface area contributed by atoms with Crippen LogP contribution >= 0.6 is 0 Å². The van der Waals surface area contributed by atoms with E-state index in [4.69, 9.17) is 5.73 Å². The molecule has 7 heteroatoms. The molecule has 7 nitrogen and oxygen atoms in total. The van der Waals surface area contributed by atoms with Crippen molar-refractivity contribution in [2.45, 2.75) is 6.42 Å². The van der Waals surface area contributed by atoms with Crippen LogP contribution in [0.2, 0.25) is 0 Å². The van der Waals surface area contributed by atoms with Crippen molar-refractivity contribution in [1.29, 1.82) is 0 Å². The Balaban J connectivity index is 1.54. The van der Waals surface area contributed by atoms with E-state index in [1.54, 1.807) is 6.20 Å². The van der Waals surface area contributed by atoms with Crippen molar-refractivity contribution in [3.05, 3.63) is 55.2 Å². The molecular formula is C21H21N7. The fourth-order valence-electron chi connectivity index (χ4n) is 3.80. The van der Waals surface area contributed by atoms with Crippen LogP contribution in [-0.4, -0.2) is 44.8 Å². The third-order valence-electron chi connectivity index (χ3n) is 5.39. The molecule has 1 saturated heterocycles. The Hall–Kier alpha value is -3.32. The summed E-state index contributed by atoms with van der Waals surface area (Å²) in [5.41, 5.74) is 11.6. The number of nitrogens with one attached hydrogen (secondary N) is 1. The zero-order valence-corrected chi connectivity index (χ0v) is 15.4. The van der Waals surface area contributed by atoms with Gasteiger partial charge in [-0.25, -0.2) is 0 Å². The molecule has 4 aromatic heterocycles. The Morgan fingerprint density at radius 1 is 1.11 bits per heavy atom. The summed E-state index contributed by atoms with van der Waals surface area (Å²) in [6.07, 6.45) is 10.3. The molecule has 0 amide bonds. The van der Waals surface area contributed by atoms with E-state index in [0.29, 0.717) is 5.92 Å². The Morgan fingerprint density at radius 3 is 2.86 bits per heavy atom. The van der Waals surface area contributed by atoms with Gasteiger partial charge in [-0.05, 0) is 43.1 Å². The van der Waals surface area contributed by atoms with Gasteiger partial charge in [-0.1, -0.05) is 0 Å². The maximum atomic E-state index is 5.84.